The molecular formula is C28H40N8O3. The Labute approximate surface area is 227 Å². The number of hydrogen-bond acceptors (Lipinski definition) is 7. The average Bonchev–Trinajstić information content (AvgIpc) is 3.42. The SMILES string of the molecule is CCCc1nnc2c(=O)n(CC3CCCCCC3)ccn12.CCCc1nnc2c(=O)n(CC3COC3)ccn12. The zero-order chi connectivity index (χ0) is 27.2. The number of fused-ring (bicyclic) bond motifs is 2. The van der Waals surface area contributed by atoms with Crippen LogP contribution in [0, 0.1) is 11.8 Å². The Morgan fingerprint density at radius 3 is 1.62 bits per heavy atom. The molecule has 0 atom stereocenters. The van der Waals surface area contributed by atoms with Gasteiger partial charge in [0.1, 0.15) is 11.6 Å². The van der Waals surface area contributed by atoms with E-state index in [0.717, 1.165) is 57.1 Å². The standard InChI is InChI=1S/C16H24N4O.C12H16N4O2/c1-2-7-14-17-18-15-16(21)19(10-11-20(14)15)12-13-8-5-3-4-6-9-13;1-2-3-10-13-14-11-12(17)15(4-5-16(10)11)6-9-7-18-8-9/h10-11,13H,2-9,12H2,1H3;4-5,9H,2-3,6-8H2,1H3. The van der Waals surface area contributed by atoms with E-state index in [1.165, 1.54) is 38.5 Å². The Bertz CT molecular complexity index is 1490. The molecule has 1 aliphatic carbocycles. The molecule has 2 aliphatic rings. The fourth-order valence-corrected chi connectivity index (χ4v) is 5.51. The second-order valence-electron chi connectivity index (χ2n) is 10.9. The first-order valence-corrected chi connectivity index (χ1v) is 14.5. The molecule has 2 fully saturated rings. The Balaban J connectivity index is 0.000000160. The van der Waals surface area contributed by atoms with Gasteiger partial charge >= 0.3 is 0 Å². The van der Waals surface area contributed by atoms with Gasteiger partial charge in [0.05, 0.1) is 13.2 Å². The molecular weight excluding hydrogens is 496 g/mol. The summed E-state index contributed by atoms with van der Waals surface area (Å²) in [5, 5.41) is 16.3. The van der Waals surface area contributed by atoms with Crippen molar-refractivity contribution in [3.05, 3.63) is 57.1 Å². The number of ether oxygens (including phenoxy) is 1. The van der Waals surface area contributed by atoms with Gasteiger partial charge < -0.3 is 13.9 Å². The van der Waals surface area contributed by atoms with Crippen LogP contribution < -0.4 is 11.1 Å². The smallest absolute Gasteiger partial charge is 0.296 e. The molecule has 0 amide bonds. The van der Waals surface area contributed by atoms with Crippen LogP contribution >= 0.6 is 0 Å². The molecule has 4 aromatic heterocycles. The Morgan fingerprint density at radius 2 is 1.18 bits per heavy atom. The number of aryl methyl sites for hydroxylation is 2. The van der Waals surface area contributed by atoms with Gasteiger partial charge in [0.25, 0.3) is 11.1 Å². The van der Waals surface area contributed by atoms with E-state index in [9.17, 15) is 9.59 Å². The summed E-state index contributed by atoms with van der Waals surface area (Å²) >= 11 is 0. The number of hydrogen-bond donors (Lipinski definition) is 0. The van der Waals surface area contributed by atoms with E-state index < -0.39 is 0 Å². The maximum Gasteiger partial charge on any atom is 0.296 e. The molecule has 4 aromatic rings. The first kappa shape index (κ1) is 27.2. The van der Waals surface area contributed by atoms with Crippen molar-refractivity contribution in [1.82, 2.24) is 38.3 Å². The molecule has 0 spiro atoms. The third kappa shape index (κ3) is 6.13. The number of nitrogens with zero attached hydrogens (tertiary/aromatic N) is 8. The van der Waals surface area contributed by atoms with Crippen molar-refractivity contribution >= 4 is 11.3 Å². The van der Waals surface area contributed by atoms with Crippen molar-refractivity contribution in [1.29, 1.82) is 0 Å². The van der Waals surface area contributed by atoms with Gasteiger partial charge in [-0.15, -0.1) is 20.4 Å². The van der Waals surface area contributed by atoms with Crippen molar-refractivity contribution in [2.75, 3.05) is 13.2 Å². The summed E-state index contributed by atoms with van der Waals surface area (Å²) in [4.78, 5) is 24.8. The minimum absolute atomic E-state index is 0.00315. The van der Waals surface area contributed by atoms with E-state index >= 15 is 0 Å². The van der Waals surface area contributed by atoms with Gasteiger partial charge in [-0.2, -0.15) is 0 Å². The predicted molar refractivity (Wildman–Crippen MR) is 148 cm³/mol. The van der Waals surface area contributed by atoms with Gasteiger partial charge in [0.15, 0.2) is 0 Å². The fourth-order valence-electron chi connectivity index (χ4n) is 5.51. The Morgan fingerprint density at radius 1 is 0.692 bits per heavy atom. The fraction of sp³-hybridized carbons (Fsp3) is 0.643. The minimum Gasteiger partial charge on any atom is -0.381 e. The highest BCUT2D eigenvalue weighted by atomic mass is 16.5. The quantitative estimate of drug-likeness (QED) is 0.318. The molecule has 1 aliphatic heterocycles. The monoisotopic (exact) mass is 536 g/mol. The van der Waals surface area contributed by atoms with Crippen molar-refractivity contribution < 1.29 is 4.74 Å². The molecule has 11 heteroatoms. The normalized spacial score (nSPS) is 16.7. The summed E-state index contributed by atoms with van der Waals surface area (Å²) in [6, 6.07) is 0. The van der Waals surface area contributed by atoms with Gasteiger partial charge in [-0.05, 0) is 31.6 Å². The molecule has 11 nitrogen and oxygen atoms in total. The van der Waals surface area contributed by atoms with E-state index in [1.807, 2.05) is 33.8 Å². The Hall–Kier alpha value is -3.34. The predicted octanol–water partition coefficient (Wildman–Crippen LogP) is 3.30. The highest BCUT2D eigenvalue weighted by molar-refractivity contribution is 5.35. The van der Waals surface area contributed by atoms with Crippen LogP contribution in [0.15, 0.2) is 34.4 Å². The molecule has 39 heavy (non-hydrogen) atoms. The largest absolute Gasteiger partial charge is 0.381 e. The van der Waals surface area contributed by atoms with Crippen molar-refractivity contribution in [3.63, 3.8) is 0 Å². The summed E-state index contributed by atoms with van der Waals surface area (Å²) in [6.45, 7) is 7.20. The van der Waals surface area contributed by atoms with Crippen LogP contribution in [0.1, 0.15) is 76.9 Å². The molecule has 0 bridgehead atoms. The summed E-state index contributed by atoms with van der Waals surface area (Å²) in [5.41, 5.74) is 0.812. The molecule has 0 N–H and O–H groups in total. The highest BCUT2D eigenvalue weighted by Crippen LogP contribution is 2.23. The lowest BCUT2D eigenvalue weighted by molar-refractivity contribution is -0.0397. The zero-order valence-corrected chi connectivity index (χ0v) is 23.2. The summed E-state index contributed by atoms with van der Waals surface area (Å²) < 4.78 is 12.3. The minimum atomic E-state index is -0.0701. The van der Waals surface area contributed by atoms with Gasteiger partial charge in [0, 0.05) is 56.6 Å². The lowest BCUT2D eigenvalue weighted by atomic mass is 10.0. The van der Waals surface area contributed by atoms with E-state index in [1.54, 1.807) is 8.97 Å². The maximum atomic E-state index is 12.5. The topological polar surface area (TPSA) is 114 Å². The average molecular weight is 537 g/mol. The van der Waals surface area contributed by atoms with Crippen LogP contribution in [0.25, 0.3) is 11.3 Å². The first-order chi connectivity index (χ1) is 19.1. The van der Waals surface area contributed by atoms with Crippen LogP contribution in [0.5, 0.6) is 0 Å². The maximum absolute atomic E-state index is 12.5. The molecule has 6 rings (SSSR count). The lowest BCUT2D eigenvalue weighted by Crippen LogP contribution is -2.35. The second kappa shape index (κ2) is 12.7. The van der Waals surface area contributed by atoms with Crippen LogP contribution in [0.3, 0.4) is 0 Å². The van der Waals surface area contributed by atoms with Crippen molar-refractivity contribution in [2.24, 2.45) is 11.8 Å². The number of aromatic nitrogens is 8. The van der Waals surface area contributed by atoms with E-state index in [4.69, 9.17) is 4.74 Å². The van der Waals surface area contributed by atoms with Gasteiger partial charge in [-0.3, -0.25) is 18.4 Å². The zero-order valence-electron chi connectivity index (χ0n) is 23.2. The molecule has 5 heterocycles. The molecule has 0 aromatic carbocycles. The summed E-state index contributed by atoms with van der Waals surface area (Å²) in [6.07, 6.45) is 19.0. The highest BCUT2D eigenvalue weighted by Gasteiger charge is 2.20. The molecule has 1 saturated carbocycles. The van der Waals surface area contributed by atoms with Gasteiger partial charge in [-0.1, -0.05) is 39.5 Å². The summed E-state index contributed by atoms with van der Waals surface area (Å²) in [7, 11) is 0. The molecule has 0 radical (unpaired) electrons. The molecule has 0 unspecified atom stereocenters. The second-order valence-corrected chi connectivity index (χ2v) is 10.9. The summed E-state index contributed by atoms with van der Waals surface area (Å²) in [5.74, 6) is 2.81. The molecule has 1 saturated heterocycles. The lowest BCUT2D eigenvalue weighted by Gasteiger charge is -2.26. The van der Waals surface area contributed by atoms with Gasteiger partial charge in [0.2, 0.25) is 11.3 Å². The van der Waals surface area contributed by atoms with Crippen molar-refractivity contribution in [3.8, 4) is 0 Å². The van der Waals surface area contributed by atoms with Gasteiger partial charge in [-0.25, -0.2) is 0 Å². The van der Waals surface area contributed by atoms with E-state index in [2.05, 4.69) is 34.2 Å². The van der Waals surface area contributed by atoms with E-state index in [-0.39, 0.29) is 11.1 Å². The van der Waals surface area contributed by atoms with Crippen LogP contribution in [0.4, 0.5) is 0 Å². The Kier molecular flexibility index (Phi) is 8.85. The number of rotatable bonds is 8. The van der Waals surface area contributed by atoms with Crippen LogP contribution in [-0.2, 0) is 30.7 Å². The molecule has 210 valence electrons. The van der Waals surface area contributed by atoms with Crippen LogP contribution in [-0.4, -0.2) is 51.5 Å². The van der Waals surface area contributed by atoms with E-state index in [0.29, 0.717) is 29.7 Å². The van der Waals surface area contributed by atoms with Crippen LogP contribution in [0.2, 0.25) is 0 Å². The third-order valence-electron chi connectivity index (χ3n) is 7.77. The van der Waals surface area contributed by atoms with Crippen molar-refractivity contribution in [2.45, 2.75) is 91.1 Å². The third-order valence-corrected chi connectivity index (χ3v) is 7.77. The first-order valence-electron chi connectivity index (χ1n) is 14.5.